The number of rotatable bonds is 6. The predicted octanol–water partition coefficient (Wildman–Crippen LogP) is 1.49. The highest BCUT2D eigenvalue weighted by Gasteiger charge is 2.32. The van der Waals surface area contributed by atoms with Crippen molar-refractivity contribution in [3.63, 3.8) is 0 Å². The number of nitrogens with zero attached hydrogens (tertiary/aromatic N) is 1. The topological polar surface area (TPSA) is 67.9 Å². The van der Waals surface area contributed by atoms with Crippen LogP contribution in [-0.2, 0) is 4.79 Å². The van der Waals surface area contributed by atoms with Crippen molar-refractivity contribution < 1.29 is 19.1 Å². The van der Waals surface area contributed by atoms with E-state index in [2.05, 4.69) is 5.32 Å². The first-order chi connectivity index (χ1) is 10.8. The minimum absolute atomic E-state index is 0.0251. The molecule has 0 saturated carbocycles. The summed E-state index contributed by atoms with van der Waals surface area (Å²) in [5.41, 5.74) is 0.0218. The number of hydrogen-bond donors (Lipinski definition) is 1. The maximum Gasteiger partial charge on any atom is 0.257 e. The number of nitrogens with one attached hydrogen (secondary N) is 1. The minimum Gasteiger partial charge on any atom is -0.487 e. The third-order valence-corrected chi connectivity index (χ3v) is 3.48. The summed E-state index contributed by atoms with van der Waals surface area (Å²) in [5, 5.41) is 2.77. The summed E-state index contributed by atoms with van der Waals surface area (Å²) >= 11 is 0. The average molecular weight is 320 g/mol. The van der Waals surface area contributed by atoms with Crippen molar-refractivity contribution in [2.45, 2.75) is 25.9 Å². The number of carbonyl (C=O) groups excluding carboxylic acids is 2. The van der Waals surface area contributed by atoms with Gasteiger partial charge in [-0.2, -0.15) is 0 Å². The van der Waals surface area contributed by atoms with Crippen LogP contribution in [0.2, 0.25) is 0 Å². The second-order valence-electron chi connectivity index (χ2n) is 6.56. The van der Waals surface area contributed by atoms with Gasteiger partial charge in [0.05, 0.1) is 12.0 Å². The summed E-state index contributed by atoms with van der Waals surface area (Å²) in [7, 11) is 3.88. The molecule has 1 aromatic rings. The fourth-order valence-corrected chi connectivity index (χ4v) is 2.34. The van der Waals surface area contributed by atoms with Crippen LogP contribution in [0.5, 0.6) is 11.5 Å². The van der Waals surface area contributed by atoms with Crippen molar-refractivity contribution in [3.05, 3.63) is 23.8 Å². The Hall–Kier alpha value is -2.08. The van der Waals surface area contributed by atoms with Gasteiger partial charge < -0.3 is 19.7 Å². The Morgan fingerprint density at radius 1 is 1.39 bits per heavy atom. The molecule has 2 rings (SSSR count). The van der Waals surface area contributed by atoms with E-state index in [1.807, 2.05) is 32.8 Å². The zero-order chi connectivity index (χ0) is 17.0. The molecule has 0 unspecified atom stereocenters. The van der Waals surface area contributed by atoms with Gasteiger partial charge in [-0.05, 0) is 46.1 Å². The molecule has 1 N–H and O–H groups in total. The predicted molar refractivity (Wildman–Crippen MR) is 87.2 cm³/mol. The lowest BCUT2D eigenvalue weighted by atomic mass is 9.93. The van der Waals surface area contributed by atoms with E-state index in [1.165, 1.54) is 0 Å². The van der Waals surface area contributed by atoms with Crippen molar-refractivity contribution in [1.82, 2.24) is 10.2 Å². The van der Waals surface area contributed by atoms with E-state index in [-0.39, 0.29) is 18.3 Å². The fraction of sp³-hybridized carbons (Fsp3) is 0.529. The molecule has 0 radical (unpaired) electrons. The molecule has 0 fully saturated rings. The quantitative estimate of drug-likeness (QED) is 0.860. The van der Waals surface area contributed by atoms with E-state index in [1.54, 1.807) is 18.2 Å². The molecule has 126 valence electrons. The monoisotopic (exact) mass is 320 g/mol. The molecule has 1 aromatic carbocycles. The van der Waals surface area contributed by atoms with Gasteiger partial charge in [0.2, 0.25) is 0 Å². The van der Waals surface area contributed by atoms with Crippen molar-refractivity contribution >= 4 is 11.7 Å². The Labute approximate surface area is 136 Å². The smallest absolute Gasteiger partial charge is 0.257 e. The van der Waals surface area contributed by atoms with Crippen LogP contribution in [-0.4, -0.2) is 56.0 Å². The van der Waals surface area contributed by atoms with E-state index < -0.39 is 5.60 Å². The molecule has 0 atom stereocenters. The van der Waals surface area contributed by atoms with Gasteiger partial charge in [0.25, 0.3) is 5.91 Å². The van der Waals surface area contributed by atoms with E-state index in [0.29, 0.717) is 30.0 Å². The lowest BCUT2D eigenvalue weighted by Gasteiger charge is -2.31. The first-order valence-electron chi connectivity index (χ1n) is 7.67. The van der Waals surface area contributed by atoms with Gasteiger partial charge in [0.15, 0.2) is 12.4 Å². The average Bonchev–Trinajstić information content (AvgIpc) is 2.44. The Kier molecular flexibility index (Phi) is 5.26. The van der Waals surface area contributed by atoms with Crippen LogP contribution in [0, 0.1) is 0 Å². The van der Waals surface area contributed by atoms with E-state index >= 15 is 0 Å². The second-order valence-corrected chi connectivity index (χ2v) is 6.56. The zero-order valence-corrected chi connectivity index (χ0v) is 14.1. The van der Waals surface area contributed by atoms with E-state index in [9.17, 15) is 9.59 Å². The van der Waals surface area contributed by atoms with E-state index in [0.717, 1.165) is 6.54 Å². The molecule has 1 aliphatic heterocycles. The molecule has 1 aliphatic rings. The Morgan fingerprint density at radius 2 is 2.13 bits per heavy atom. The maximum absolute atomic E-state index is 12.2. The number of hydrogen-bond acceptors (Lipinski definition) is 5. The van der Waals surface area contributed by atoms with Gasteiger partial charge >= 0.3 is 0 Å². The summed E-state index contributed by atoms with van der Waals surface area (Å²) in [5.74, 6) is 0.891. The SMILES string of the molecule is CN(C)CCNC(=O)COc1ccc2c(c1)C(=O)CC(C)(C)O2. The highest BCUT2D eigenvalue weighted by atomic mass is 16.5. The molecule has 23 heavy (non-hydrogen) atoms. The molecular weight excluding hydrogens is 296 g/mol. The lowest BCUT2D eigenvalue weighted by molar-refractivity contribution is -0.123. The molecule has 1 heterocycles. The van der Waals surface area contributed by atoms with Crippen LogP contribution in [0.3, 0.4) is 0 Å². The zero-order valence-electron chi connectivity index (χ0n) is 14.1. The first-order valence-corrected chi connectivity index (χ1v) is 7.67. The molecule has 1 amide bonds. The van der Waals surface area contributed by atoms with Gasteiger partial charge in [0, 0.05) is 13.1 Å². The van der Waals surface area contributed by atoms with Crippen molar-refractivity contribution in [2.24, 2.45) is 0 Å². The van der Waals surface area contributed by atoms with Crippen LogP contribution < -0.4 is 14.8 Å². The van der Waals surface area contributed by atoms with Gasteiger partial charge in [0.1, 0.15) is 17.1 Å². The number of likely N-dealkylation sites (N-methyl/N-ethyl adjacent to an activating group) is 1. The second kappa shape index (κ2) is 7.00. The van der Waals surface area contributed by atoms with Crippen LogP contribution in [0.4, 0.5) is 0 Å². The summed E-state index contributed by atoms with van der Waals surface area (Å²) < 4.78 is 11.2. The normalized spacial score (nSPS) is 15.8. The van der Waals surface area contributed by atoms with Crippen LogP contribution in [0.25, 0.3) is 0 Å². The number of fused-ring (bicyclic) bond motifs is 1. The molecule has 6 nitrogen and oxygen atoms in total. The standard InChI is InChI=1S/C17H24N2O4/c1-17(2)10-14(20)13-9-12(5-6-15(13)23-17)22-11-16(21)18-7-8-19(3)4/h5-6,9H,7-8,10-11H2,1-4H3,(H,18,21). The fourth-order valence-electron chi connectivity index (χ4n) is 2.34. The Morgan fingerprint density at radius 3 is 2.83 bits per heavy atom. The first kappa shape index (κ1) is 17.3. The van der Waals surface area contributed by atoms with E-state index in [4.69, 9.17) is 9.47 Å². The highest BCUT2D eigenvalue weighted by Crippen LogP contribution is 2.35. The largest absolute Gasteiger partial charge is 0.487 e. The molecule has 0 saturated heterocycles. The molecule has 0 aliphatic carbocycles. The van der Waals surface area contributed by atoms with Gasteiger partial charge in [-0.3, -0.25) is 9.59 Å². The molecular formula is C17H24N2O4. The minimum atomic E-state index is -0.487. The molecule has 0 bridgehead atoms. The number of amides is 1. The van der Waals surface area contributed by atoms with Crippen LogP contribution >= 0.6 is 0 Å². The Balaban J connectivity index is 1.92. The highest BCUT2D eigenvalue weighted by molar-refractivity contribution is 6.00. The van der Waals surface area contributed by atoms with Crippen molar-refractivity contribution in [1.29, 1.82) is 0 Å². The number of benzene rings is 1. The lowest BCUT2D eigenvalue weighted by Crippen LogP contribution is -2.36. The number of Topliss-reactive ketones (excluding diaryl/α,β-unsaturated/α-hetero) is 1. The maximum atomic E-state index is 12.2. The summed E-state index contributed by atoms with van der Waals surface area (Å²) in [6.07, 6.45) is 0.328. The summed E-state index contributed by atoms with van der Waals surface area (Å²) in [4.78, 5) is 25.9. The van der Waals surface area contributed by atoms with Crippen LogP contribution in [0.1, 0.15) is 30.6 Å². The van der Waals surface area contributed by atoms with Crippen LogP contribution in [0.15, 0.2) is 18.2 Å². The molecule has 0 spiro atoms. The van der Waals surface area contributed by atoms with Crippen molar-refractivity contribution in [2.75, 3.05) is 33.8 Å². The summed E-state index contributed by atoms with van der Waals surface area (Å²) in [6, 6.07) is 5.06. The number of ether oxygens (including phenoxy) is 2. The third kappa shape index (κ3) is 4.96. The molecule has 0 aromatic heterocycles. The third-order valence-electron chi connectivity index (χ3n) is 3.48. The Bertz CT molecular complexity index is 596. The van der Waals surface area contributed by atoms with Gasteiger partial charge in [-0.25, -0.2) is 0 Å². The van der Waals surface area contributed by atoms with Crippen molar-refractivity contribution in [3.8, 4) is 11.5 Å². The molecule has 6 heteroatoms. The van der Waals surface area contributed by atoms with Gasteiger partial charge in [-0.15, -0.1) is 0 Å². The summed E-state index contributed by atoms with van der Waals surface area (Å²) in [6.45, 7) is 5.03. The number of ketones is 1. The number of carbonyl (C=O) groups is 2. The van der Waals surface area contributed by atoms with Gasteiger partial charge in [-0.1, -0.05) is 0 Å².